The summed E-state index contributed by atoms with van der Waals surface area (Å²) in [7, 11) is 0. The lowest BCUT2D eigenvalue weighted by Crippen LogP contribution is -2.48. The number of tetrazole rings is 1. The number of thioether (sulfide) groups is 1. The highest BCUT2D eigenvalue weighted by Crippen LogP contribution is 2.39. The van der Waals surface area contributed by atoms with E-state index in [9.17, 15) is 14.4 Å². The van der Waals surface area contributed by atoms with Gasteiger partial charge in [-0.2, -0.15) is 11.8 Å². The summed E-state index contributed by atoms with van der Waals surface area (Å²) in [6.45, 7) is 0. The second-order valence-electron chi connectivity index (χ2n) is 7.63. The first kappa shape index (κ1) is 20.5. The van der Waals surface area contributed by atoms with Crippen molar-refractivity contribution >= 4 is 35.2 Å². The van der Waals surface area contributed by atoms with Gasteiger partial charge in [0.25, 0.3) is 0 Å². The van der Waals surface area contributed by atoms with Crippen LogP contribution in [0, 0.1) is 11.8 Å². The Morgan fingerprint density at radius 1 is 1.17 bits per heavy atom. The zero-order valence-corrected chi connectivity index (χ0v) is 17.5. The molecule has 1 aromatic carbocycles. The Kier molecular flexibility index (Phi) is 6.12. The second kappa shape index (κ2) is 8.95. The molecule has 0 unspecified atom stereocenters. The first-order chi connectivity index (χ1) is 14.6. The highest BCUT2D eigenvalue weighted by atomic mass is 32.2. The molecule has 1 saturated heterocycles. The van der Waals surface area contributed by atoms with Crippen molar-refractivity contribution in [2.45, 2.75) is 38.1 Å². The molecule has 4 rings (SSSR count). The summed E-state index contributed by atoms with van der Waals surface area (Å²) in [6.07, 6.45) is 7.26. The second-order valence-corrected chi connectivity index (χ2v) is 8.62. The molecular formula is C20H24N6O3S. The van der Waals surface area contributed by atoms with Crippen LogP contribution in [0.1, 0.15) is 32.1 Å². The minimum Gasteiger partial charge on any atom is -0.324 e. The predicted octanol–water partition coefficient (Wildman–Crippen LogP) is 1.90. The molecule has 3 atom stereocenters. The summed E-state index contributed by atoms with van der Waals surface area (Å²) in [6, 6.07) is 6.26. The number of likely N-dealkylation sites (tertiary alicyclic amines) is 1. The Hall–Kier alpha value is -2.75. The number of benzene rings is 1. The average molecular weight is 429 g/mol. The van der Waals surface area contributed by atoms with Gasteiger partial charge in [-0.05, 0) is 66.0 Å². The maximum absolute atomic E-state index is 13.1. The minimum atomic E-state index is -0.790. The average Bonchev–Trinajstić information content (AvgIpc) is 3.38. The third kappa shape index (κ3) is 3.96. The van der Waals surface area contributed by atoms with Crippen LogP contribution in [0.5, 0.6) is 0 Å². The van der Waals surface area contributed by atoms with Gasteiger partial charge in [0.15, 0.2) is 0 Å². The number of hydrogen-bond acceptors (Lipinski definition) is 7. The third-order valence-corrected chi connectivity index (χ3v) is 6.48. The van der Waals surface area contributed by atoms with Crippen molar-refractivity contribution in [3.8, 4) is 5.69 Å². The smallest absolute Gasteiger partial charge is 0.247 e. The van der Waals surface area contributed by atoms with Crippen LogP contribution in [-0.2, 0) is 14.4 Å². The van der Waals surface area contributed by atoms with E-state index in [0.717, 1.165) is 31.4 Å². The van der Waals surface area contributed by atoms with Crippen LogP contribution in [-0.4, -0.2) is 60.9 Å². The normalized spacial score (nSPS) is 22.1. The van der Waals surface area contributed by atoms with E-state index in [-0.39, 0.29) is 29.6 Å². The molecule has 0 spiro atoms. The lowest BCUT2D eigenvalue weighted by atomic mass is 9.81. The fourth-order valence-electron chi connectivity index (χ4n) is 4.30. The molecule has 2 fully saturated rings. The van der Waals surface area contributed by atoms with Crippen LogP contribution in [0.2, 0.25) is 0 Å². The van der Waals surface area contributed by atoms with Crippen LogP contribution in [0.15, 0.2) is 30.6 Å². The van der Waals surface area contributed by atoms with Gasteiger partial charge in [0.05, 0.1) is 17.5 Å². The molecule has 1 saturated carbocycles. The molecule has 1 aromatic heterocycles. The molecule has 0 radical (unpaired) electrons. The van der Waals surface area contributed by atoms with Crippen molar-refractivity contribution in [2.75, 3.05) is 17.3 Å². The van der Waals surface area contributed by atoms with Gasteiger partial charge in [0, 0.05) is 5.69 Å². The summed E-state index contributed by atoms with van der Waals surface area (Å²) < 4.78 is 1.51. The zero-order valence-electron chi connectivity index (χ0n) is 16.7. The predicted molar refractivity (Wildman–Crippen MR) is 112 cm³/mol. The molecule has 2 aromatic rings. The van der Waals surface area contributed by atoms with E-state index in [1.54, 1.807) is 36.0 Å². The number of rotatable bonds is 7. The standard InChI is InChI=1S/C20H24N6O3S/c1-30-11-10-17(26-19(28)15-4-2-3-5-16(15)20(26)29)18(27)22-13-6-8-14(9-7-13)25-12-21-23-24-25/h6-9,12,15-17H,2-5,10-11H2,1H3,(H,22,27)/t15-,16-,17+/m0/s1. The molecule has 10 heteroatoms. The van der Waals surface area contributed by atoms with Gasteiger partial charge in [-0.1, -0.05) is 12.8 Å². The van der Waals surface area contributed by atoms with E-state index in [1.165, 1.54) is 15.9 Å². The van der Waals surface area contributed by atoms with Crippen LogP contribution in [0.4, 0.5) is 5.69 Å². The molecule has 1 N–H and O–H groups in total. The van der Waals surface area contributed by atoms with Crippen LogP contribution < -0.4 is 5.32 Å². The van der Waals surface area contributed by atoms with Gasteiger partial charge in [-0.15, -0.1) is 5.10 Å². The summed E-state index contributed by atoms with van der Waals surface area (Å²) in [5, 5.41) is 13.9. The van der Waals surface area contributed by atoms with E-state index < -0.39 is 6.04 Å². The van der Waals surface area contributed by atoms with Crippen molar-refractivity contribution in [2.24, 2.45) is 11.8 Å². The number of anilines is 1. The summed E-state index contributed by atoms with van der Waals surface area (Å²) in [5.74, 6) is -0.528. The number of hydrogen-bond donors (Lipinski definition) is 1. The van der Waals surface area contributed by atoms with Crippen LogP contribution in [0.25, 0.3) is 5.69 Å². The summed E-state index contributed by atoms with van der Waals surface area (Å²) in [5.41, 5.74) is 1.34. The number of nitrogens with one attached hydrogen (secondary N) is 1. The fourth-order valence-corrected chi connectivity index (χ4v) is 4.76. The molecule has 30 heavy (non-hydrogen) atoms. The van der Waals surface area contributed by atoms with Crippen LogP contribution >= 0.6 is 11.8 Å². The maximum atomic E-state index is 13.1. The summed E-state index contributed by atoms with van der Waals surface area (Å²) in [4.78, 5) is 40.3. The van der Waals surface area contributed by atoms with E-state index in [1.807, 2.05) is 6.26 Å². The molecule has 2 heterocycles. The number of carbonyl (C=O) groups excluding carboxylic acids is 3. The number of nitrogens with zero attached hydrogens (tertiary/aromatic N) is 5. The highest BCUT2D eigenvalue weighted by molar-refractivity contribution is 7.98. The monoisotopic (exact) mass is 428 g/mol. The molecular weight excluding hydrogens is 404 g/mol. The molecule has 0 bridgehead atoms. The van der Waals surface area contributed by atoms with E-state index in [4.69, 9.17) is 0 Å². The zero-order chi connectivity index (χ0) is 21.1. The van der Waals surface area contributed by atoms with Crippen molar-refractivity contribution in [3.05, 3.63) is 30.6 Å². The Balaban J connectivity index is 1.51. The first-order valence-corrected chi connectivity index (χ1v) is 11.5. The summed E-state index contributed by atoms with van der Waals surface area (Å²) >= 11 is 1.59. The maximum Gasteiger partial charge on any atom is 0.247 e. The van der Waals surface area contributed by atoms with Crippen molar-refractivity contribution in [1.29, 1.82) is 0 Å². The number of fused-ring (bicyclic) bond motifs is 1. The third-order valence-electron chi connectivity index (χ3n) is 5.83. The number of amides is 3. The first-order valence-electron chi connectivity index (χ1n) is 10.1. The van der Waals surface area contributed by atoms with Gasteiger partial charge in [-0.25, -0.2) is 4.68 Å². The quantitative estimate of drug-likeness (QED) is 0.671. The fraction of sp³-hybridized carbons (Fsp3) is 0.500. The Morgan fingerprint density at radius 2 is 1.83 bits per heavy atom. The molecule has 158 valence electrons. The lowest BCUT2D eigenvalue weighted by Gasteiger charge is -2.26. The molecule has 9 nitrogen and oxygen atoms in total. The minimum absolute atomic E-state index is 0.181. The molecule has 1 aliphatic heterocycles. The Bertz CT molecular complexity index is 893. The Morgan fingerprint density at radius 3 is 2.40 bits per heavy atom. The van der Waals surface area contributed by atoms with E-state index in [2.05, 4.69) is 20.8 Å². The molecule has 2 aliphatic rings. The number of imide groups is 1. The number of aromatic nitrogens is 4. The molecule has 1 aliphatic carbocycles. The van der Waals surface area contributed by atoms with Gasteiger partial charge >= 0.3 is 0 Å². The van der Waals surface area contributed by atoms with E-state index in [0.29, 0.717) is 17.9 Å². The Labute approximate surface area is 178 Å². The lowest BCUT2D eigenvalue weighted by molar-refractivity contribution is -0.146. The van der Waals surface area contributed by atoms with Crippen molar-refractivity contribution < 1.29 is 14.4 Å². The van der Waals surface area contributed by atoms with Crippen molar-refractivity contribution in [3.63, 3.8) is 0 Å². The molecule has 3 amide bonds. The number of carbonyl (C=O) groups is 3. The van der Waals surface area contributed by atoms with E-state index >= 15 is 0 Å². The van der Waals surface area contributed by atoms with Gasteiger partial charge in [0.2, 0.25) is 17.7 Å². The highest BCUT2D eigenvalue weighted by Gasteiger charge is 2.51. The van der Waals surface area contributed by atoms with Crippen molar-refractivity contribution in [1.82, 2.24) is 25.1 Å². The largest absolute Gasteiger partial charge is 0.324 e. The van der Waals surface area contributed by atoms with Crippen LogP contribution in [0.3, 0.4) is 0 Å². The van der Waals surface area contributed by atoms with Gasteiger partial charge in [0.1, 0.15) is 12.4 Å². The SMILES string of the molecule is CSCC[C@H](C(=O)Nc1ccc(-n2cnnn2)cc1)N1C(=O)[C@H]2CCCC[C@@H]2C1=O. The van der Waals surface area contributed by atoms with Gasteiger partial charge in [-0.3, -0.25) is 19.3 Å². The topological polar surface area (TPSA) is 110 Å². The van der Waals surface area contributed by atoms with Gasteiger partial charge < -0.3 is 5.32 Å².